The number of nitrogens with one attached hydrogen (secondary N) is 2. The van der Waals surface area contributed by atoms with Crippen molar-refractivity contribution in [3.05, 3.63) is 0 Å². The van der Waals surface area contributed by atoms with E-state index in [0.29, 0.717) is 18.2 Å². The van der Waals surface area contributed by atoms with Crippen LogP contribution in [0, 0.1) is 0 Å². The average molecular weight is 283 g/mol. The number of carbonyl (C=O) groups excluding carboxylic acids is 2. The van der Waals surface area contributed by atoms with Crippen molar-refractivity contribution in [1.82, 2.24) is 10.6 Å². The number of rotatable bonds is 4. The third-order valence-electron chi connectivity index (χ3n) is 2.78. The number of ether oxygens (including phenoxy) is 1. The zero-order valence-electron chi connectivity index (χ0n) is 12.1. The Bertz CT molecular complexity index is 424. The van der Waals surface area contributed by atoms with Crippen LogP contribution >= 0.6 is 0 Å². The smallest absolute Gasteiger partial charge is 0.407 e. The first-order chi connectivity index (χ1) is 9.33. The second kappa shape index (κ2) is 5.68. The lowest BCUT2D eigenvalue weighted by molar-refractivity contribution is -0.115. The van der Waals surface area contributed by atoms with Gasteiger partial charge in [-0.2, -0.15) is 0 Å². The van der Waals surface area contributed by atoms with E-state index in [4.69, 9.17) is 9.57 Å². The first-order valence-corrected chi connectivity index (χ1v) is 6.84. The Morgan fingerprint density at radius 3 is 2.70 bits per heavy atom. The Balaban J connectivity index is 1.67. The fourth-order valence-electron chi connectivity index (χ4n) is 1.68. The Labute approximate surface area is 118 Å². The van der Waals surface area contributed by atoms with Crippen LogP contribution in [-0.4, -0.2) is 42.0 Å². The van der Waals surface area contributed by atoms with E-state index in [-0.39, 0.29) is 18.6 Å². The molecule has 0 spiro atoms. The predicted octanol–water partition coefficient (Wildman–Crippen LogP) is 0.935. The van der Waals surface area contributed by atoms with Gasteiger partial charge in [-0.1, -0.05) is 5.16 Å². The topological polar surface area (TPSA) is 89.0 Å². The van der Waals surface area contributed by atoms with Gasteiger partial charge in [0.15, 0.2) is 6.10 Å². The molecule has 0 bridgehead atoms. The fourth-order valence-corrected chi connectivity index (χ4v) is 1.68. The minimum Gasteiger partial charge on any atom is -0.444 e. The average Bonchev–Trinajstić information content (AvgIpc) is 3.00. The van der Waals surface area contributed by atoms with Crippen molar-refractivity contribution in [3.8, 4) is 0 Å². The van der Waals surface area contributed by atoms with Gasteiger partial charge in [-0.05, 0) is 33.6 Å². The van der Waals surface area contributed by atoms with Crippen LogP contribution in [0.25, 0.3) is 0 Å². The van der Waals surface area contributed by atoms with Crippen molar-refractivity contribution in [2.75, 3.05) is 6.54 Å². The Morgan fingerprint density at radius 2 is 2.10 bits per heavy atom. The lowest BCUT2D eigenvalue weighted by Crippen LogP contribution is -2.38. The molecular formula is C13H21N3O4. The van der Waals surface area contributed by atoms with Gasteiger partial charge in [0.2, 0.25) is 0 Å². The second-order valence-electron chi connectivity index (χ2n) is 6.10. The van der Waals surface area contributed by atoms with Crippen LogP contribution < -0.4 is 10.6 Å². The monoisotopic (exact) mass is 283 g/mol. The molecule has 1 fully saturated rings. The van der Waals surface area contributed by atoms with Crippen LogP contribution in [0.15, 0.2) is 5.16 Å². The maximum absolute atomic E-state index is 11.7. The van der Waals surface area contributed by atoms with E-state index in [1.165, 1.54) is 0 Å². The summed E-state index contributed by atoms with van der Waals surface area (Å²) in [4.78, 5) is 28.3. The SMILES string of the molecule is CC(C)(C)OC(=O)NCC1CC(C(=O)NC2CC2)=NO1. The van der Waals surface area contributed by atoms with Crippen molar-refractivity contribution in [1.29, 1.82) is 0 Å². The van der Waals surface area contributed by atoms with E-state index in [0.717, 1.165) is 12.8 Å². The predicted molar refractivity (Wildman–Crippen MR) is 72.3 cm³/mol. The summed E-state index contributed by atoms with van der Waals surface area (Å²) in [6.07, 6.45) is 1.64. The lowest BCUT2D eigenvalue weighted by atomic mass is 10.1. The Morgan fingerprint density at radius 1 is 1.40 bits per heavy atom. The van der Waals surface area contributed by atoms with Crippen LogP contribution in [-0.2, 0) is 14.4 Å². The van der Waals surface area contributed by atoms with Crippen LogP contribution in [0.1, 0.15) is 40.0 Å². The summed E-state index contributed by atoms with van der Waals surface area (Å²) in [5.74, 6) is -0.174. The molecule has 2 rings (SSSR count). The van der Waals surface area contributed by atoms with Crippen LogP contribution in [0.2, 0.25) is 0 Å². The summed E-state index contributed by atoms with van der Waals surface area (Å²) in [7, 11) is 0. The highest BCUT2D eigenvalue weighted by atomic mass is 16.6. The minimum absolute atomic E-state index is 0.174. The number of hydrogen-bond donors (Lipinski definition) is 2. The number of alkyl carbamates (subject to hydrolysis) is 1. The summed E-state index contributed by atoms with van der Waals surface area (Å²) < 4.78 is 5.11. The maximum Gasteiger partial charge on any atom is 0.407 e. The summed E-state index contributed by atoms with van der Waals surface area (Å²) in [5, 5.41) is 9.22. The molecule has 1 saturated carbocycles. The highest BCUT2D eigenvalue weighted by molar-refractivity contribution is 6.39. The molecule has 2 N–H and O–H groups in total. The molecule has 1 atom stereocenters. The number of carbonyl (C=O) groups is 2. The number of hydrogen-bond acceptors (Lipinski definition) is 5. The van der Waals surface area contributed by atoms with Gasteiger partial charge in [0, 0.05) is 12.5 Å². The number of oxime groups is 1. The number of nitrogens with zero attached hydrogens (tertiary/aromatic N) is 1. The Hall–Kier alpha value is -1.79. The molecule has 2 amide bonds. The van der Waals surface area contributed by atoms with Crippen LogP contribution in [0.5, 0.6) is 0 Å². The van der Waals surface area contributed by atoms with E-state index in [1.807, 2.05) is 0 Å². The molecule has 7 heteroatoms. The van der Waals surface area contributed by atoms with Gasteiger partial charge in [-0.25, -0.2) is 4.79 Å². The van der Waals surface area contributed by atoms with Crippen molar-refractivity contribution >= 4 is 17.7 Å². The molecule has 0 radical (unpaired) electrons. The molecule has 112 valence electrons. The zero-order valence-corrected chi connectivity index (χ0v) is 12.1. The minimum atomic E-state index is -0.535. The van der Waals surface area contributed by atoms with Gasteiger partial charge in [0.1, 0.15) is 11.3 Å². The molecule has 1 unspecified atom stereocenters. The summed E-state index contributed by atoms with van der Waals surface area (Å²) >= 11 is 0. The van der Waals surface area contributed by atoms with Crippen LogP contribution in [0.4, 0.5) is 4.79 Å². The largest absolute Gasteiger partial charge is 0.444 e. The molecule has 0 aromatic rings. The van der Waals surface area contributed by atoms with Gasteiger partial charge >= 0.3 is 6.09 Å². The first-order valence-electron chi connectivity index (χ1n) is 6.84. The molecule has 1 aliphatic carbocycles. The summed E-state index contributed by atoms with van der Waals surface area (Å²) in [6.45, 7) is 5.64. The van der Waals surface area contributed by atoms with E-state index < -0.39 is 11.7 Å². The maximum atomic E-state index is 11.7. The molecule has 2 aliphatic rings. The highest BCUT2D eigenvalue weighted by Gasteiger charge is 2.30. The zero-order chi connectivity index (χ0) is 14.8. The molecule has 1 heterocycles. The molecule has 20 heavy (non-hydrogen) atoms. The van der Waals surface area contributed by atoms with Gasteiger partial charge in [-0.3, -0.25) is 4.79 Å². The third-order valence-corrected chi connectivity index (χ3v) is 2.78. The molecular weight excluding hydrogens is 262 g/mol. The van der Waals surface area contributed by atoms with Gasteiger partial charge in [-0.15, -0.1) is 0 Å². The molecule has 7 nitrogen and oxygen atoms in total. The van der Waals surface area contributed by atoms with E-state index in [1.54, 1.807) is 20.8 Å². The van der Waals surface area contributed by atoms with Crippen LogP contribution in [0.3, 0.4) is 0 Å². The first kappa shape index (κ1) is 14.6. The van der Waals surface area contributed by atoms with E-state index in [9.17, 15) is 9.59 Å². The van der Waals surface area contributed by atoms with Crippen molar-refractivity contribution in [2.24, 2.45) is 5.16 Å². The molecule has 0 aromatic heterocycles. The lowest BCUT2D eigenvalue weighted by Gasteiger charge is -2.20. The third kappa shape index (κ3) is 4.71. The van der Waals surface area contributed by atoms with Gasteiger partial charge < -0.3 is 20.2 Å². The summed E-state index contributed by atoms with van der Waals surface area (Å²) in [5.41, 5.74) is -0.153. The van der Waals surface area contributed by atoms with Crippen molar-refractivity contribution in [3.63, 3.8) is 0 Å². The molecule has 1 aliphatic heterocycles. The van der Waals surface area contributed by atoms with E-state index in [2.05, 4.69) is 15.8 Å². The molecule has 0 saturated heterocycles. The quantitative estimate of drug-likeness (QED) is 0.803. The van der Waals surface area contributed by atoms with Crippen molar-refractivity contribution in [2.45, 2.75) is 57.8 Å². The fraction of sp³-hybridized carbons (Fsp3) is 0.769. The normalized spacial score (nSPS) is 21.8. The summed E-state index contributed by atoms with van der Waals surface area (Å²) in [6, 6.07) is 0.295. The Kier molecular flexibility index (Phi) is 4.15. The molecule has 0 aromatic carbocycles. The van der Waals surface area contributed by atoms with E-state index >= 15 is 0 Å². The second-order valence-corrected chi connectivity index (χ2v) is 6.10. The van der Waals surface area contributed by atoms with Gasteiger partial charge in [0.05, 0.1) is 6.54 Å². The highest BCUT2D eigenvalue weighted by Crippen LogP contribution is 2.19. The number of amides is 2. The van der Waals surface area contributed by atoms with Crippen molar-refractivity contribution < 1.29 is 19.2 Å². The standard InChI is InChI=1S/C13H21N3O4/c1-13(2,3)19-12(18)14-7-9-6-10(16-20-9)11(17)15-8-4-5-8/h8-9H,4-7H2,1-3H3,(H,14,18)(H,15,17). The van der Waals surface area contributed by atoms with Gasteiger partial charge in [0.25, 0.3) is 5.91 Å².